The van der Waals surface area contributed by atoms with E-state index in [9.17, 15) is 13.6 Å². The molecule has 5 nitrogen and oxygen atoms in total. The molecule has 0 aliphatic heterocycles. The van der Waals surface area contributed by atoms with Crippen molar-refractivity contribution in [2.45, 2.75) is 26.5 Å². The van der Waals surface area contributed by atoms with E-state index < -0.39 is 17.5 Å². The Bertz CT molecular complexity index is 937. The van der Waals surface area contributed by atoms with Gasteiger partial charge in [-0.1, -0.05) is 26.0 Å². The number of benzene rings is 2. The largest absolute Gasteiger partial charge is 0.471 e. The van der Waals surface area contributed by atoms with Crippen LogP contribution in [-0.2, 0) is 6.73 Å². The number of rotatable bonds is 6. The van der Waals surface area contributed by atoms with Crippen LogP contribution in [0.2, 0.25) is 0 Å². The van der Waals surface area contributed by atoms with Crippen LogP contribution in [0.5, 0.6) is 5.75 Å². The SMILES string of the molecule is CC(C)c1ccc(OCn2ccc(C(=O)Nc3ccc(F)cc3F)n2)cc1. The number of ether oxygens (including phenoxy) is 1. The van der Waals surface area contributed by atoms with Crippen molar-refractivity contribution in [1.82, 2.24) is 9.78 Å². The van der Waals surface area contributed by atoms with Gasteiger partial charge in [0.15, 0.2) is 12.4 Å². The molecular weight excluding hydrogens is 352 g/mol. The summed E-state index contributed by atoms with van der Waals surface area (Å²) in [6.07, 6.45) is 1.58. The summed E-state index contributed by atoms with van der Waals surface area (Å²) in [5, 5.41) is 6.46. The maximum Gasteiger partial charge on any atom is 0.276 e. The third-order valence-corrected chi connectivity index (χ3v) is 3.96. The van der Waals surface area contributed by atoms with Gasteiger partial charge in [0.2, 0.25) is 0 Å². The summed E-state index contributed by atoms with van der Waals surface area (Å²) in [5.74, 6) is -1.03. The van der Waals surface area contributed by atoms with E-state index in [4.69, 9.17) is 4.74 Å². The first-order chi connectivity index (χ1) is 12.9. The number of anilines is 1. The molecule has 7 heteroatoms. The molecule has 0 spiro atoms. The number of nitrogens with zero attached hydrogens (tertiary/aromatic N) is 2. The minimum absolute atomic E-state index is 0.0949. The van der Waals surface area contributed by atoms with Crippen molar-refractivity contribution in [3.8, 4) is 5.75 Å². The molecule has 3 rings (SSSR count). The van der Waals surface area contributed by atoms with Crippen LogP contribution in [-0.4, -0.2) is 15.7 Å². The highest BCUT2D eigenvalue weighted by molar-refractivity contribution is 6.02. The van der Waals surface area contributed by atoms with Crippen molar-refractivity contribution in [3.63, 3.8) is 0 Å². The molecule has 0 aliphatic carbocycles. The summed E-state index contributed by atoms with van der Waals surface area (Å²) in [4.78, 5) is 12.2. The molecule has 0 radical (unpaired) electrons. The summed E-state index contributed by atoms with van der Waals surface area (Å²) < 4.78 is 33.6. The van der Waals surface area contributed by atoms with Gasteiger partial charge >= 0.3 is 0 Å². The molecule has 2 aromatic carbocycles. The topological polar surface area (TPSA) is 56.1 Å². The van der Waals surface area contributed by atoms with Crippen molar-refractivity contribution in [2.24, 2.45) is 0 Å². The molecule has 1 N–H and O–H groups in total. The third-order valence-electron chi connectivity index (χ3n) is 3.96. The molecule has 0 atom stereocenters. The zero-order valence-electron chi connectivity index (χ0n) is 14.9. The fourth-order valence-corrected chi connectivity index (χ4v) is 2.42. The van der Waals surface area contributed by atoms with Crippen molar-refractivity contribution in [2.75, 3.05) is 5.32 Å². The number of halogens is 2. The van der Waals surface area contributed by atoms with Crippen molar-refractivity contribution in [1.29, 1.82) is 0 Å². The Hall–Kier alpha value is -3.22. The monoisotopic (exact) mass is 371 g/mol. The minimum atomic E-state index is -0.851. The van der Waals surface area contributed by atoms with E-state index in [1.807, 2.05) is 24.3 Å². The van der Waals surface area contributed by atoms with E-state index in [0.717, 1.165) is 12.1 Å². The molecule has 0 unspecified atom stereocenters. The Morgan fingerprint density at radius 3 is 2.56 bits per heavy atom. The first-order valence-corrected chi connectivity index (χ1v) is 8.45. The molecule has 1 heterocycles. The summed E-state index contributed by atoms with van der Waals surface area (Å²) in [5.41, 5.74) is 1.20. The highest BCUT2D eigenvalue weighted by Gasteiger charge is 2.13. The third kappa shape index (κ3) is 4.69. The Kier molecular flexibility index (Phi) is 5.49. The predicted molar refractivity (Wildman–Crippen MR) is 97.7 cm³/mol. The van der Waals surface area contributed by atoms with E-state index in [1.54, 1.807) is 6.20 Å². The van der Waals surface area contributed by atoms with Gasteiger partial charge in [0.25, 0.3) is 5.91 Å². The number of carbonyl (C=O) groups is 1. The van der Waals surface area contributed by atoms with Crippen LogP contribution in [0.1, 0.15) is 35.8 Å². The molecule has 140 valence electrons. The first kappa shape index (κ1) is 18.6. The number of hydrogen-bond donors (Lipinski definition) is 1. The maximum absolute atomic E-state index is 13.6. The lowest BCUT2D eigenvalue weighted by molar-refractivity contribution is 0.101. The number of nitrogens with one attached hydrogen (secondary N) is 1. The molecular formula is C20H19F2N3O2. The zero-order valence-corrected chi connectivity index (χ0v) is 14.9. The van der Waals surface area contributed by atoms with E-state index in [1.165, 1.54) is 16.3 Å². The molecule has 0 bridgehead atoms. The Labute approximate surface area is 155 Å². The minimum Gasteiger partial charge on any atom is -0.471 e. The Morgan fingerprint density at radius 2 is 1.89 bits per heavy atom. The van der Waals surface area contributed by atoms with Crippen molar-refractivity contribution >= 4 is 11.6 Å². The quantitative estimate of drug-likeness (QED) is 0.690. The summed E-state index contributed by atoms with van der Waals surface area (Å²) in [6.45, 7) is 4.35. The maximum atomic E-state index is 13.6. The van der Waals surface area contributed by atoms with Gasteiger partial charge in [-0.15, -0.1) is 0 Å². The first-order valence-electron chi connectivity index (χ1n) is 8.45. The average molecular weight is 371 g/mol. The normalized spacial score (nSPS) is 10.9. The summed E-state index contributed by atoms with van der Waals surface area (Å²) in [7, 11) is 0. The highest BCUT2D eigenvalue weighted by atomic mass is 19.1. The molecule has 0 saturated heterocycles. The number of amides is 1. The fourth-order valence-electron chi connectivity index (χ4n) is 2.42. The average Bonchev–Trinajstić information content (AvgIpc) is 3.12. The van der Waals surface area contributed by atoms with Crippen molar-refractivity contribution in [3.05, 3.63) is 77.6 Å². The second kappa shape index (κ2) is 7.99. The molecule has 3 aromatic rings. The number of hydrogen-bond acceptors (Lipinski definition) is 3. The van der Waals surface area contributed by atoms with Crippen LogP contribution in [0.4, 0.5) is 14.5 Å². The predicted octanol–water partition coefficient (Wildman–Crippen LogP) is 4.57. The summed E-state index contributed by atoms with van der Waals surface area (Å²) in [6, 6.07) is 12.2. The second-order valence-corrected chi connectivity index (χ2v) is 6.32. The van der Waals surface area contributed by atoms with E-state index in [2.05, 4.69) is 24.3 Å². The Morgan fingerprint density at radius 1 is 1.15 bits per heavy atom. The standard InChI is InChI=1S/C20H19F2N3O2/c1-13(2)14-3-6-16(7-4-14)27-12-25-10-9-19(24-25)20(26)23-18-8-5-15(21)11-17(18)22/h3-11,13H,12H2,1-2H3,(H,23,26). The van der Waals surface area contributed by atoms with E-state index in [-0.39, 0.29) is 18.1 Å². The van der Waals surface area contributed by atoms with E-state index >= 15 is 0 Å². The molecule has 0 fully saturated rings. The molecule has 1 aromatic heterocycles. The fraction of sp³-hybridized carbons (Fsp3) is 0.200. The van der Waals surface area contributed by atoms with Gasteiger partial charge in [-0.2, -0.15) is 5.10 Å². The molecule has 27 heavy (non-hydrogen) atoms. The van der Waals surface area contributed by atoms with Crippen LogP contribution < -0.4 is 10.1 Å². The van der Waals surface area contributed by atoms with Crippen LogP contribution in [0.15, 0.2) is 54.7 Å². The van der Waals surface area contributed by atoms with Crippen LogP contribution in [0.3, 0.4) is 0 Å². The van der Waals surface area contributed by atoms with Gasteiger partial charge in [-0.3, -0.25) is 4.79 Å². The molecule has 1 amide bonds. The van der Waals surface area contributed by atoms with Gasteiger partial charge in [0, 0.05) is 12.3 Å². The molecule has 0 aliphatic rings. The van der Waals surface area contributed by atoms with Gasteiger partial charge in [-0.25, -0.2) is 13.5 Å². The number of carbonyl (C=O) groups excluding carboxylic acids is 1. The number of aromatic nitrogens is 2. The summed E-state index contributed by atoms with van der Waals surface area (Å²) >= 11 is 0. The Balaban J connectivity index is 1.59. The van der Waals surface area contributed by atoms with E-state index in [0.29, 0.717) is 17.7 Å². The van der Waals surface area contributed by atoms with Crippen LogP contribution in [0, 0.1) is 11.6 Å². The van der Waals surface area contributed by atoms with Gasteiger partial charge in [-0.05, 0) is 41.8 Å². The zero-order chi connectivity index (χ0) is 19.4. The second-order valence-electron chi connectivity index (χ2n) is 6.32. The van der Waals surface area contributed by atoms with Gasteiger partial charge < -0.3 is 10.1 Å². The smallest absolute Gasteiger partial charge is 0.276 e. The molecule has 0 saturated carbocycles. The lowest BCUT2D eigenvalue weighted by atomic mass is 10.0. The lowest BCUT2D eigenvalue weighted by Gasteiger charge is -2.09. The van der Waals surface area contributed by atoms with Crippen molar-refractivity contribution < 1.29 is 18.3 Å². The van der Waals surface area contributed by atoms with Crippen LogP contribution in [0.25, 0.3) is 0 Å². The highest BCUT2D eigenvalue weighted by Crippen LogP contribution is 2.19. The van der Waals surface area contributed by atoms with Gasteiger partial charge in [0.1, 0.15) is 17.4 Å². The van der Waals surface area contributed by atoms with Crippen LogP contribution >= 0.6 is 0 Å². The lowest BCUT2D eigenvalue weighted by Crippen LogP contribution is -2.15. The van der Waals surface area contributed by atoms with Gasteiger partial charge in [0.05, 0.1) is 5.69 Å².